The zero-order valence-electron chi connectivity index (χ0n) is 14.3. The molecule has 5 nitrogen and oxygen atoms in total. The Morgan fingerprint density at radius 3 is 3.00 bits per heavy atom. The minimum Gasteiger partial charge on any atom is -0.297 e. The number of rotatable bonds is 3. The number of carbonyl (C=O) groups is 1. The maximum atomic E-state index is 13.0. The summed E-state index contributed by atoms with van der Waals surface area (Å²) >= 11 is 0. The Kier molecular flexibility index (Phi) is 4.55. The highest BCUT2D eigenvalue weighted by atomic mass is 16.7. The number of amides is 1. The summed E-state index contributed by atoms with van der Waals surface area (Å²) in [6.07, 6.45) is 8.49. The van der Waals surface area contributed by atoms with Crippen LogP contribution in [-0.2, 0) is 16.2 Å². The molecule has 0 aromatic carbocycles. The lowest BCUT2D eigenvalue weighted by Gasteiger charge is -2.35. The van der Waals surface area contributed by atoms with Gasteiger partial charge in [-0.25, -0.2) is 5.06 Å². The van der Waals surface area contributed by atoms with Crippen molar-refractivity contribution in [1.82, 2.24) is 14.9 Å². The van der Waals surface area contributed by atoms with Crippen LogP contribution in [0.25, 0.3) is 0 Å². The monoisotopic (exact) mass is 329 g/mol. The molecule has 1 amide bonds. The summed E-state index contributed by atoms with van der Waals surface area (Å²) in [6.45, 7) is 4.44. The first-order valence-electron chi connectivity index (χ1n) is 9.33. The van der Waals surface area contributed by atoms with Gasteiger partial charge < -0.3 is 0 Å². The Bertz CT molecular complexity index is 573. The minimum absolute atomic E-state index is 0.143. The van der Waals surface area contributed by atoms with E-state index in [1.165, 1.54) is 12.8 Å². The number of likely N-dealkylation sites (tertiary alicyclic amines) is 1. The van der Waals surface area contributed by atoms with E-state index in [9.17, 15) is 4.79 Å². The Morgan fingerprint density at radius 2 is 2.21 bits per heavy atom. The summed E-state index contributed by atoms with van der Waals surface area (Å²) in [7, 11) is 0. The molecule has 2 saturated heterocycles. The molecular weight excluding hydrogens is 302 g/mol. The molecule has 1 spiro atoms. The molecule has 1 saturated carbocycles. The van der Waals surface area contributed by atoms with Gasteiger partial charge in [0.1, 0.15) is 0 Å². The molecule has 0 bridgehead atoms. The van der Waals surface area contributed by atoms with Gasteiger partial charge in [0.15, 0.2) is 0 Å². The van der Waals surface area contributed by atoms with Crippen molar-refractivity contribution in [1.29, 1.82) is 0 Å². The molecule has 2 atom stereocenters. The molecule has 0 radical (unpaired) electrons. The molecule has 0 unspecified atom stereocenters. The zero-order valence-corrected chi connectivity index (χ0v) is 14.3. The van der Waals surface area contributed by atoms with E-state index in [0.29, 0.717) is 6.61 Å². The van der Waals surface area contributed by atoms with E-state index in [2.05, 4.69) is 16.0 Å². The predicted molar refractivity (Wildman–Crippen MR) is 90.8 cm³/mol. The van der Waals surface area contributed by atoms with Crippen LogP contribution in [-0.4, -0.2) is 47.1 Å². The second-order valence-corrected chi connectivity index (χ2v) is 7.57. The van der Waals surface area contributed by atoms with Gasteiger partial charge in [0.2, 0.25) is 5.91 Å². The SMILES string of the molecule is O=C([C@H]1CCC[C@]12CCN(Cc1ccccn1)C2)N1CCCCO1. The molecule has 3 fully saturated rings. The predicted octanol–water partition coefficient (Wildman–Crippen LogP) is 2.63. The van der Waals surface area contributed by atoms with E-state index in [1.807, 2.05) is 18.3 Å². The topological polar surface area (TPSA) is 45.7 Å². The third-order valence-corrected chi connectivity index (χ3v) is 6.03. The normalized spacial score (nSPS) is 31.0. The van der Waals surface area contributed by atoms with Gasteiger partial charge in [-0.1, -0.05) is 12.5 Å². The van der Waals surface area contributed by atoms with Crippen LogP contribution in [0.15, 0.2) is 24.4 Å². The van der Waals surface area contributed by atoms with Gasteiger partial charge in [-0.3, -0.25) is 19.5 Å². The Labute approximate surface area is 143 Å². The number of aromatic nitrogens is 1. The van der Waals surface area contributed by atoms with Crippen molar-refractivity contribution < 1.29 is 9.63 Å². The third-order valence-electron chi connectivity index (χ3n) is 6.03. The maximum absolute atomic E-state index is 13.0. The van der Waals surface area contributed by atoms with E-state index in [-0.39, 0.29) is 17.2 Å². The molecule has 130 valence electrons. The van der Waals surface area contributed by atoms with Crippen molar-refractivity contribution in [2.24, 2.45) is 11.3 Å². The highest BCUT2D eigenvalue weighted by Gasteiger charge is 2.51. The molecule has 3 heterocycles. The van der Waals surface area contributed by atoms with Gasteiger partial charge in [0.25, 0.3) is 0 Å². The van der Waals surface area contributed by atoms with Crippen LogP contribution in [0.2, 0.25) is 0 Å². The first-order valence-corrected chi connectivity index (χ1v) is 9.33. The third kappa shape index (κ3) is 3.07. The van der Waals surface area contributed by atoms with Gasteiger partial charge in [-0.2, -0.15) is 0 Å². The Hall–Kier alpha value is -1.46. The summed E-state index contributed by atoms with van der Waals surface area (Å²) in [6, 6.07) is 6.09. The van der Waals surface area contributed by atoms with Gasteiger partial charge in [-0.05, 0) is 56.2 Å². The lowest BCUT2D eigenvalue weighted by atomic mass is 9.76. The molecule has 3 aliphatic rings. The highest BCUT2D eigenvalue weighted by Crippen LogP contribution is 2.50. The standard InChI is InChI=1S/C19H27N3O2/c23-18(22-11-3-4-13-24-22)17-7-5-8-19(17)9-12-21(15-19)14-16-6-1-2-10-20-16/h1-2,6,10,17H,3-5,7-9,11-15H2/t17-,19-/m1/s1. The van der Waals surface area contributed by atoms with Crippen LogP contribution in [0.3, 0.4) is 0 Å². The van der Waals surface area contributed by atoms with Crippen molar-refractivity contribution in [2.75, 3.05) is 26.2 Å². The molecule has 5 heteroatoms. The Morgan fingerprint density at radius 1 is 1.25 bits per heavy atom. The number of hydrogen-bond donors (Lipinski definition) is 0. The lowest BCUT2D eigenvalue weighted by molar-refractivity contribution is -0.204. The number of hydrogen-bond acceptors (Lipinski definition) is 4. The largest absolute Gasteiger partial charge is 0.297 e. The first-order chi connectivity index (χ1) is 11.8. The quantitative estimate of drug-likeness (QED) is 0.855. The van der Waals surface area contributed by atoms with E-state index < -0.39 is 0 Å². The van der Waals surface area contributed by atoms with E-state index in [0.717, 1.165) is 57.6 Å². The highest BCUT2D eigenvalue weighted by molar-refractivity contribution is 5.79. The number of hydroxylamine groups is 2. The van der Waals surface area contributed by atoms with Gasteiger partial charge in [-0.15, -0.1) is 0 Å². The summed E-state index contributed by atoms with van der Waals surface area (Å²) in [5, 5.41) is 1.67. The van der Waals surface area contributed by atoms with Gasteiger partial charge >= 0.3 is 0 Å². The number of carbonyl (C=O) groups excluding carboxylic acids is 1. The van der Waals surface area contributed by atoms with Crippen LogP contribution in [0, 0.1) is 11.3 Å². The molecule has 4 rings (SSSR count). The van der Waals surface area contributed by atoms with Crippen LogP contribution in [0.4, 0.5) is 0 Å². The molecule has 1 aromatic rings. The molecule has 24 heavy (non-hydrogen) atoms. The number of pyridine rings is 1. The van der Waals surface area contributed by atoms with Crippen LogP contribution in [0.5, 0.6) is 0 Å². The van der Waals surface area contributed by atoms with Gasteiger partial charge in [0.05, 0.1) is 12.3 Å². The molecule has 1 aliphatic carbocycles. The molecule has 0 N–H and O–H groups in total. The second kappa shape index (κ2) is 6.81. The van der Waals surface area contributed by atoms with Crippen molar-refractivity contribution in [2.45, 2.75) is 45.1 Å². The summed E-state index contributed by atoms with van der Waals surface area (Å²) in [5.74, 6) is 0.385. The second-order valence-electron chi connectivity index (χ2n) is 7.57. The Balaban J connectivity index is 1.43. The van der Waals surface area contributed by atoms with Crippen molar-refractivity contribution in [3.05, 3.63) is 30.1 Å². The number of nitrogens with zero attached hydrogens (tertiary/aromatic N) is 3. The molecular formula is C19H27N3O2. The van der Waals surface area contributed by atoms with E-state index >= 15 is 0 Å². The van der Waals surface area contributed by atoms with Crippen molar-refractivity contribution >= 4 is 5.91 Å². The fraction of sp³-hybridized carbons (Fsp3) is 0.684. The van der Waals surface area contributed by atoms with E-state index in [1.54, 1.807) is 5.06 Å². The summed E-state index contributed by atoms with van der Waals surface area (Å²) in [4.78, 5) is 25.6. The van der Waals surface area contributed by atoms with Crippen molar-refractivity contribution in [3.63, 3.8) is 0 Å². The summed E-state index contributed by atoms with van der Waals surface area (Å²) < 4.78 is 0. The fourth-order valence-electron chi connectivity index (χ4n) is 4.80. The average Bonchev–Trinajstić information content (AvgIpc) is 3.23. The summed E-state index contributed by atoms with van der Waals surface area (Å²) in [5.41, 5.74) is 1.28. The van der Waals surface area contributed by atoms with Gasteiger partial charge in [0, 0.05) is 31.7 Å². The van der Waals surface area contributed by atoms with Crippen LogP contribution < -0.4 is 0 Å². The fourth-order valence-corrected chi connectivity index (χ4v) is 4.80. The smallest absolute Gasteiger partial charge is 0.249 e. The van der Waals surface area contributed by atoms with Crippen LogP contribution in [0.1, 0.15) is 44.2 Å². The average molecular weight is 329 g/mol. The zero-order chi connectivity index (χ0) is 16.4. The van der Waals surface area contributed by atoms with E-state index in [4.69, 9.17) is 4.84 Å². The lowest BCUT2D eigenvalue weighted by Crippen LogP contribution is -2.45. The van der Waals surface area contributed by atoms with Crippen LogP contribution >= 0.6 is 0 Å². The van der Waals surface area contributed by atoms with Crippen molar-refractivity contribution in [3.8, 4) is 0 Å². The first kappa shape index (κ1) is 16.0. The maximum Gasteiger partial charge on any atom is 0.249 e. The molecule has 1 aromatic heterocycles. The molecule has 2 aliphatic heterocycles. The minimum atomic E-state index is 0.143.